The highest BCUT2D eigenvalue weighted by atomic mass is 16.2. The van der Waals surface area contributed by atoms with Gasteiger partial charge in [-0.2, -0.15) is 0 Å². The van der Waals surface area contributed by atoms with Gasteiger partial charge in [0.05, 0.1) is 5.56 Å². The van der Waals surface area contributed by atoms with Gasteiger partial charge in [0.2, 0.25) is 0 Å². The molecule has 0 bridgehead atoms. The third-order valence-corrected chi connectivity index (χ3v) is 2.00. The van der Waals surface area contributed by atoms with E-state index in [2.05, 4.69) is 9.97 Å². The van der Waals surface area contributed by atoms with Crippen molar-refractivity contribution in [2.75, 3.05) is 13.1 Å². The topological polar surface area (TPSA) is 72.1 Å². The Morgan fingerprint density at radius 2 is 2.08 bits per heavy atom. The maximum atomic E-state index is 11.6. The predicted octanol–water partition coefficient (Wildman–Crippen LogP) is -0.740. The second-order valence-electron chi connectivity index (χ2n) is 3.10. The molecule has 0 aromatic carbocycles. The lowest BCUT2D eigenvalue weighted by Gasteiger charge is -2.36. The highest BCUT2D eigenvalue weighted by Gasteiger charge is 2.28. The highest BCUT2D eigenvalue weighted by Crippen LogP contribution is 2.09. The van der Waals surface area contributed by atoms with Gasteiger partial charge in [0.25, 0.3) is 5.91 Å². The molecule has 5 nitrogen and oxygen atoms in total. The van der Waals surface area contributed by atoms with E-state index in [-0.39, 0.29) is 11.9 Å². The highest BCUT2D eigenvalue weighted by molar-refractivity contribution is 5.94. The molecule has 0 saturated carbocycles. The molecule has 2 rings (SSSR count). The largest absolute Gasteiger partial charge is 0.335 e. The Morgan fingerprint density at radius 3 is 2.62 bits per heavy atom. The molecule has 1 aromatic heterocycles. The average molecular weight is 178 g/mol. The van der Waals surface area contributed by atoms with Crippen molar-refractivity contribution in [3.05, 3.63) is 24.3 Å². The van der Waals surface area contributed by atoms with Gasteiger partial charge in [-0.1, -0.05) is 0 Å². The summed E-state index contributed by atoms with van der Waals surface area (Å²) in [5.74, 6) is -0.0395. The van der Waals surface area contributed by atoms with Crippen LogP contribution in [0.1, 0.15) is 10.4 Å². The monoisotopic (exact) mass is 178 g/mol. The van der Waals surface area contributed by atoms with Crippen molar-refractivity contribution in [2.24, 2.45) is 5.73 Å². The van der Waals surface area contributed by atoms with Crippen LogP contribution in [0, 0.1) is 0 Å². The van der Waals surface area contributed by atoms with E-state index in [1.165, 1.54) is 18.7 Å². The summed E-state index contributed by atoms with van der Waals surface area (Å²) in [5, 5.41) is 0. The molecule has 0 aliphatic carbocycles. The molecule has 1 aliphatic rings. The van der Waals surface area contributed by atoms with E-state index >= 15 is 0 Å². The second-order valence-corrected chi connectivity index (χ2v) is 3.10. The van der Waals surface area contributed by atoms with E-state index in [9.17, 15) is 4.79 Å². The Labute approximate surface area is 75.6 Å². The van der Waals surface area contributed by atoms with Crippen molar-refractivity contribution in [3.63, 3.8) is 0 Å². The van der Waals surface area contributed by atoms with Crippen LogP contribution in [0.2, 0.25) is 0 Å². The number of likely N-dealkylation sites (tertiary alicyclic amines) is 1. The van der Waals surface area contributed by atoms with E-state index in [0.717, 1.165) is 0 Å². The van der Waals surface area contributed by atoms with Crippen LogP contribution in [0.25, 0.3) is 0 Å². The third-order valence-electron chi connectivity index (χ3n) is 2.00. The lowest BCUT2D eigenvalue weighted by molar-refractivity contribution is 0.0607. The van der Waals surface area contributed by atoms with E-state index in [1.54, 1.807) is 4.90 Å². The number of carbonyl (C=O) groups excluding carboxylic acids is 1. The first-order valence-electron chi connectivity index (χ1n) is 4.07. The van der Waals surface area contributed by atoms with Gasteiger partial charge in [0.15, 0.2) is 0 Å². The fraction of sp³-hybridized carbons (Fsp3) is 0.375. The fourth-order valence-corrected chi connectivity index (χ4v) is 1.27. The summed E-state index contributed by atoms with van der Waals surface area (Å²) in [6.07, 6.45) is 4.43. The van der Waals surface area contributed by atoms with E-state index in [4.69, 9.17) is 5.73 Å². The zero-order valence-corrected chi connectivity index (χ0v) is 7.05. The number of hydrogen-bond donors (Lipinski definition) is 1. The first kappa shape index (κ1) is 8.12. The van der Waals surface area contributed by atoms with Crippen molar-refractivity contribution in [1.29, 1.82) is 0 Å². The molecule has 13 heavy (non-hydrogen) atoms. The Kier molecular flexibility index (Phi) is 1.94. The maximum Gasteiger partial charge on any atom is 0.257 e. The minimum atomic E-state index is -0.0395. The Bertz CT molecular complexity index is 307. The molecule has 68 valence electrons. The van der Waals surface area contributed by atoms with Gasteiger partial charge in [-0.15, -0.1) is 0 Å². The first-order chi connectivity index (χ1) is 6.27. The number of hydrogen-bond acceptors (Lipinski definition) is 4. The quantitative estimate of drug-likeness (QED) is 0.614. The van der Waals surface area contributed by atoms with Crippen LogP contribution in [-0.2, 0) is 0 Å². The number of carbonyl (C=O) groups is 1. The predicted molar refractivity (Wildman–Crippen MR) is 45.9 cm³/mol. The van der Waals surface area contributed by atoms with Crippen LogP contribution in [0.15, 0.2) is 18.7 Å². The molecule has 1 saturated heterocycles. The summed E-state index contributed by atoms with van der Waals surface area (Å²) in [6.45, 7) is 1.27. The standard InChI is InChI=1S/C8H10N4O/c9-7-3-12(4-7)8(13)6-1-10-5-11-2-6/h1-2,5,7H,3-4,9H2. The van der Waals surface area contributed by atoms with Gasteiger partial charge in [-0.3, -0.25) is 4.79 Å². The van der Waals surface area contributed by atoms with E-state index in [0.29, 0.717) is 18.7 Å². The zero-order chi connectivity index (χ0) is 9.26. The van der Waals surface area contributed by atoms with Gasteiger partial charge in [-0.05, 0) is 0 Å². The SMILES string of the molecule is NC1CN(C(=O)c2cncnc2)C1. The van der Waals surface area contributed by atoms with Crippen LogP contribution in [-0.4, -0.2) is 39.9 Å². The summed E-state index contributed by atoms with van der Waals surface area (Å²) < 4.78 is 0. The van der Waals surface area contributed by atoms with Crippen molar-refractivity contribution in [3.8, 4) is 0 Å². The lowest BCUT2D eigenvalue weighted by atomic mass is 10.1. The number of rotatable bonds is 1. The van der Waals surface area contributed by atoms with E-state index < -0.39 is 0 Å². The summed E-state index contributed by atoms with van der Waals surface area (Å²) in [4.78, 5) is 20.8. The van der Waals surface area contributed by atoms with Gasteiger partial charge in [0, 0.05) is 31.5 Å². The van der Waals surface area contributed by atoms with Crippen LogP contribution < -0.4 is 5.73 Å². The maximum absolute atomic E-state index is 11.6. The van der Waals surface area contributed by atoms with Crippen molar-refractivity contribution >= 4 is 5.91 Å². The molecule has 1 amide bonds. The van der Waals surface area contributed by atoms with Crippen molar-refractivity contribution < 1.29 is 4.79 Å². The summed E-state index contributed by atoms with van der Waals surface area (Å²) in [6, 6.07) is 0.133. The first-order valence-corrected chi connectivity index (χ1v) is 4.07. The molecular weight excluding hydrogens is 168 g/mol. The molecule has 0 unspecified atom stereocenters. The molecule has 1 aliphatic heterocycles. The van der Waals surface area contributed by atoms with Crippen molar-refractivity contribution in [2.45, 2.75) is 6.04 Å². The molecular formula is C8H10N4O. The lowest BCUT2D eigenvalue weighted by Crippen LogP contribution is -2.57. The third kappa shape index (κ3) is 1.50. The number of amides is 1. The molecule has 2 N–H and O–H groups in total. The van der Waals surface area contributed by atoms with Gasteiger partial charge in [-0.25, -0.2) is 9.97 Å². The molecule has 1 aromatic rings. The average Bonchev–Trinajstić information content (AvgIpc) is 2.13. The van der Waals surface area contributed by atoms with Crippen LogP contribution in [0.5, 0.6) is 0 Å². The van der Waals surface area contributed by atoms with Crippen LogP contribution in [0.3, 0.4) is 0 Å². The van der Waals surface area contributed by atoms with Gasteiger partial charge in [0.1, 0.15) is 6.33 Å². The molecule has 0 radical (unpaired) electrons. The van der Waals surface area contributed by atoms with Gasteiger partial charge < -0.3 is 10.6 Å². The fourth-order valence-electron chi connectivity index (χ4n) is 1.27. The number of nitrogens with zero attached hydrogens (tertiary/aromatic N) is 3. The van der Waals surface area contributed by atoms with Gasteiger partial charge >= 0.3 is 0 Å². The van der Waals surface area contributed by atoms with Crippen molar-refractivity contribution in [1.82, 2.24) is 14.9 Å². The molecule has 0 spiro atoms. The van der Waals surface area contributed by atoms with Crippen LogP contribution in [0.4, 0.5) is 0 Å². The Hall–Kier alpha value is -1.49. The Balaban J connectivity index is 2.06. The molecule has 5 heteroatoms. The normalized spacial score (nSPS) is 16.8. The summed E-state index contributed by atoms with van der Waals surface area (Å²) in [5.41, 5.74) is 6.08. The minimum absolute atomic E-state index is 0.0395. The summed E-state index contributed by atoms with van der Waals surface area (Å²) in [7, 11) is 0. The second kappa shape index (κ2) is 3.10. The summed E-state index contributed by atoms with van der Waals surface area (Å²) >= 11 is 0. The minimum Gasteiger partial charge on any atom is -0.335 e. The molecule has 2 heterocycles. The van der Waals surface area contributed by atoms with E-state index in [1.807, 2.05) is 0 Å². The zero-order valence-electron chi connectivity index (χ0n) is 7.05. The Morgan fingerprint density at radius 1 is 1.46 bits per heavy atom. The molecule has 1 fully saturated rings. The molecule has 0 atom stereocenters. The van der Waals surface area contributed by atoms with Crippen LogP contribution >= 0.6 is 0 Å². The smallest absolute Gasteiger partial charge is 0.257 e. The number of nitrogens with two attached hydrogens (primary N) is 1. The number of aromatic nitrogens is 2.